The van der Waals surface area contributed by atoms with Crippen molar-refractivity contribution in [2.45, 2.75) is 38.3 Å². The Kier molecular flexibility index (Phi) is 5.14. The van der Waals surface area contributed by atoms with Crippen LogP contribution in [0.2, 0.25) is 0 Å². The number of ether oxygens (including phenoxy) is 2. The van der Waals surface area contributed by atoms with E-state index in [1.807, 2.05) is 35.0 Å². The van der Waals surface area contributed by atoms with Crippen molar-refractivity contribution in [3.8, 4) is 11.5 Å². The molecule has 1 fully saturated rings. The van der Waals surface area contributed by atoms with Crippen LogP contribution < -0.4 is 9.47 Å². The smallest absolute Gasteiger partial charge is 0.306 e. The molecule has 2 aromatic heterocycles. The van der Waals surface area contributed by atoms with E-state index >= 15 is 0 Å². The first-order valence-electron chi connectivity index (χ1n) is 9.47. The van der Waals surface area contributed by atoms with E-state index in [1.54, 1.807) is 19.5 Å². The Morgan fingerprint density at radius 2 is 1.93 bits per heavy atom. The Labute approximate surface area is 162 Å². The second-order valence-electron chi connectivity index (χ2n) is 7.13. The Morgan fingerprint density at radius 1 is 1.18 bits per heavy atom. The summed E-state index contributed by atoms with van der Waals surface area (Å²) in [5.41, 5.74) is 1.87. The van der Waals surface area contributed by atoms with Gasteiger partial charge in [0.2, 0.25) is 0 Å². The number of benzene rings is 1. The lowest BCUT2D eigenvalue weighted by atomic mass is 9.87. The second-order valence-corrected chi connectivity index (χ2v) is 7.13. The molecule has 7 nitrogen and oxygen atoms in total. The molecule has 0 unspecified atom stereocenters. The third kappa shape index (κ3) is 3.78. The van der Waals surface area contributed by atoms with E-state index in [0.717, 1.165) is 40.9 Å². The summed E-state index contributed by atoms with van der Waals surface area (Å²) in [5.74, 6) is 0.624. The minimum absolute atomic E-state index is 0.0335. The number of rotatable bonds is 6. The van der Waals surface area contributed by atoms with Crippen LogP contribution in [0.5, 0.6) is 11.5 Å². The molecule has 0 bridgehead atoms. The van der Waals surface area contributed by atoms with E-state index in [4.69, 9.17) is 14.6 Å². The van der Waals surface area contributed by atoms with Gasteiger partial charge in [0.05, 0.1) is 37.3 Å². The van der Waals surface area contributed by atoms with Crippen molar-refractivity contribution < 1.29 is 19.4 Å². The summed E-state index contributed by atoms with van der Waals surface area (Å²) >= 11 is 0. The Morgan fingerprint density at radius 3 is 2.61 bits per heavy atom. The van der Waals surface area contributed by atoms with Crippen LogP contribution in [0.15, 0.2) is 42.7 Å². The maximum atomic E-state index is 11.1. The van der Waals surface area contributed by atoms with Gasteiger partial charge in [0.1, 0.15) is 11.5 Å². The van der Waals surface area contributed by atoms with Crippen molar-refractivity contribution >= 4 is 17.0 Å². The molecule has 1 aliphatic carbocycles. The Hall–Kier alpha value is -3.09. The lowest BCUT2D eigenvalue weighted by Gasteiger charge is -2.26. The number of carbonyl (C=O) groups is 1. The fourth-order valence-electron chi connectivity index (χ4n) is 3.68. The molecular formula is C21H23N3O4. The molecule has 1 saturated carbocycles. The largest absolute Gasteiger partial charge is 0.497 e. The second kappa shape index (κ2) is 7.88. The third-order valence-corrected chi connectivity index (χ3v) is 5.31. The van der Waals surface area contributed by atoms with Crippen LogP contribution in [0.4, 0.5) is 0 Å². The summed E-state index contributed by atoms with van der Waals surface area (Å²) < 4.78 is 13.2. The number of nitrogens with zero attached hydrogens (tertiary/aromatic N) is 3. The highest BCUT2D eigenvalue weighted by Crippen LogP contribution is 2.31. The first kappa shape index (κ1) is 18.3. The molecule has 1 N–H and O–H groups in total. The van der Waals surface area contributed by atoms with Crippen molar-refractivity contribution in [3.05, 3.63) is 48.3 Å². The van der Waals surface area contributed by atoms with Crippen molar-refractivity contribution in [2.75, 3.05) is 7.11 Å². The highest BCUT2D eigenvalue weighted by molar-refractivity contribution is 5.81. The number of pyridine rings is 1. The SMILES string of the molecule is COc1ccc(Cn2ncc3c(OC4CCC(C(=O)O)CC4)ccnc32)cc1. The van der Waals surface area contributed by atoms with Gasteiger partial charge in [-0.3, -0.25) is 4.79 Å². The van der Waals surface area contributed by atoms with Crippen LogP contribution >= 0.6 is 0 Å². The molecule has 146 valence electrons. The molecule has 4 rings (SSSR count). The van der Waals surface area contributed by atoms with Gasteiger partial charge in [-0.2, -0.15) is 5.10 Å². The molecular weight excluding hydrogens is 358 g/mol. The Bertz CT molecular complexity index is 959. The number of carboxylic acid groups (broad SMARTS) is 1. The fraction of sp³-hybridized carbons (Fsp3) is 0.381. The first-order valence-corrected chi connectivity index (χ1v) is 9.47. The summed E-state index contributed by atoms with van der Waals surface area (Å²) in [5, 5.41) is 14.5. The lowest BCUT2D eigenvalue weighted by molar-refractivity contribution is -0.143. The van der Waals surface area contributed by atoms with Crippen molar-refractivity contribution in [1.82, 2.24) is 14.8 Å². The summed E-state index contributed by atoms with van der Waals surface area (Å²) in [6, 6.07) is 9.72. The molecule has 0 atom stereocenters. The van der Waals surface area contributed by atoms with E-state index < -0.39 is 5.97 Å². The van der Waals surface area contributed by atoms with Crippen LogP contribution in [-0.4, -0.2) is 39.1 Å². The van der Waals surface area contributed by atoms with Crippen LogP contribution in [-0.2, 0) is 11.3 Å². The molecule has 28 heavy (non-hydrogen) atoms. The zero-order chi connectivity index (χ0) is 19.5. The van der Waals surface area contributed by atoms with Crippen LogP contribution in [0, 0.1) is 5.92 Å². The van der Waals surface area contributed by atoms with Crippen molar-refractivity contribution in [1.29, 1.82) is 0 Å². The van der Waals surface area contributed by atoms with Gasteiger partial charge in [-0.15, -0.1) is 0 Å². The van der Waals surface area contributed by atoms with E-state index in [2.05, 4.69) is 10.1 Å². The molecule has 7 heteroatoms. The molecule has 0 spiro atoms. The van der Waals surface area contributed by atoms with Crippen LogP contribution in [0.25, 0.3) is 11.0 Å². The Balaban J connectivity index is 1.49. The minimum Gasteiger partial charge on any atom is -0.497 e. The average Bonchev–Trinajstić information content (AvgIpc) is 3.13. The molecule has 0 radical (unpaired) electrons. The normalized spacial score (nSPS) is 19.5. The zero-order valence-corrected chi connectivity index (χ0v) is 15.7. The molecule has 0 saturated heterocycles. The molecule has 3 aromatic rings. The van der Waals surface area contributed by atoms with Gasteiger partial charge in [0, 0.05) is 6.20 Å². The van der Waals surface area contributed by atoms with Gasteiger partial charge >= 0.3 is 5.97 Å². The van der Waals surface area contributed by atoms with Gasteiger partial charge in [-0.1, -0.05) is 12.1 Å². The standard InChI is InChI=1S/C21H23N3O4/c1-27-16-6-2-14(3-7-16)13-24-20-18(12-23-24)19(10-11-22-20)28-17-8-4-15(5-9-17)21(25)26/h2-3,6-7,10-12,15,17H,4-5,8-9,13H2,1H3,(H,25,26). The first-order chi connectivity index (χ1) is 13.6. The fourth-order valence-corrected chi connectivity index (χ4v) is 3.68. The zero-order valence-electron chi connectivity index (χ0n) is 15.7. The molecule has 0 aliphatic heterocycles. The number of methoxy groups -OCH3 is 1. The average molecular weight is 381 g/mol. The predicted octanol–water partition coefficient (Wildman–Crippen LogP) is 3.51. The predicted molar refractivity (Wildman–Crippen MR) is 104 cm³/mol. The number of hydrogen-bond donors (Lipinski definition) is 1. The molecule has 0 amide bonds. The summed E-state index contributed by atoms with van der Waals surface area (Å²) in [7, 11) is 1.65. The lowest BCUT2D eigenvalue weighted by Crippen LogP contribution is -2.27. The number of fused-ring (bicyclic) bond motifs is 1. The molecule has 1 aliphatic rings. The maximum Gasteiger partial charge on any atom is 0.306 e. The van der Waals surface area contributed by atoms with Crippen molar-refractivity contribution in [3.63, 3.8) is 0 Å². The minimum atomic E-state index is -0.704. The van der Waals surface area contributed by atoms with E-state index in [0.29, 0.717) is 19.4 Å². The highest BCUT2D eigenvalue weighted by atomic mass is 16.5. The third-order valence-electron chi connectivity index (χ3n) is 5.31. The van der Waals surface area contributed by atoms with Gasteiger partial charge in [0.15, 0.2) is 5.65 Å². The number of hydrogen-bond acceptors (Lipinski definition) is 5. The quantitative estimate of drug-likeness (QED) is 0.703. The highest BCUT2D eigenvalue weighted by Gasteiger charge is 2.27. The summed E-state index contributed by atoms with van der Waals surface area (Å²) in [4.78, 5) is 15.6. The van der Waals surface area contributed by atoms with E-state index in [1.165, 1.54) is 0 Å². The van der Waals surface area contributed by atoms with Crippen LogP contribution in [0.1, 0.15) is 31.2 Å². The van der Waals surface area contributed by atoms with Crippen LogP contribution in [0.3, 0.4) is 0 Å². The molecule has 1 aromatic carbocycles. The van der Waals surface area contributed by atoms with Crippen molar-refractivity contribution in [2.24, 2.45) is 5.92 Å². The maximum absolute atomic E-state index is 11.1. The molecule has 2 heterocycles. The van der Waals surface area contributed by atoms with Gasteiger partial charge in [-0.25, -0.2) is 9.67 Å². The van der Waals surface area contributed by atoms with E-state index in [9.17, 15) is 4.79 Å². The number of aliphatic carboxylic acids is 1. The van der Waals surface area contributed by atoms with Gasteiger partial charge in [-0.05, 0) is 49.4 Å². The monoisotopic (exact) mass is 381 g/mol. The summed E-state index contributed by atoms with van der Waals surface area (Å²) in [6.45, 7) is 0.605. The number of carboxylic acids is 1. The summed E-state index contributed by atoms with van der Waals surface area (Å²) in [6.07, 6.45) is 6.36. The topological polar surface area (TPSA) is 86.5 Å². The van der Waals surface area contributed by atoms with Gasteiger partial charge < -0.3 is 14.6 Å². The van der Waals surface area contributed by atoms with Gasteiger partial charge in [0.25, 0.3) is 0 Å². The van der Waals surface area contributed by atoms with E-state index in [-0.39, 0.29) is 12.0 Å². The number of aromatic nitrogens is 3.